The maximum absolute atomic E-state index is 12.3. The Balaban J connectivity index is 1.65. The van der Waals surface area contributed by atoms with E-state index in [1.807, 2.05) is 11.0 Å². The second kappa shape index (κ2) is 4.87. The van der Waals surface area contributed by atoms with Crippen molar-refractivity contribution in [3.8, 4) is 0 Å². The molecule has 0 spiro atoms. The van der Waals surface area contributed by atoms with E-state index in [0.717, 1.165) is 13.1 Å². The van der Waals surface area contributed by atoms with Crippen LogP contribution in [0.4, 0.5) is 0 Å². The number of amides is 1. The molecule has 2 aromatic heterocycles. The van der Waals surface area contributed by atoms with Crippen molar-refractivity contribution in [2.75, 3.05) is 6.54 Å². The van der Waals surface area contributed by atoms with E-state index in [-0.39, 0.29) is 11.9 Å². The number of rotatable bonds is 3. The van der Waals surface area contributed by atoms with Gasteiger partial charge in [-0.3, -0.25) is 9.48 Å². The minimum Gasteiger partial charge on any atom is -0.348 e. The summed E-state index contributed by atoms with van der Waals surface area (Å²) in [5, 5.41) is 4.01. The van der Waals surface area contributed by atoms with Crippen molar-refractivity contribution in [2.24, 2.45) is 0 Å². The summed E-state index contributed by atoms with van der Waals surface area (Å²) in [6, 6.07) is 4.27. The molecule has 0 saturated carbocycles. The maximum atomic E-state index is 12.3. The first-order valence-corrected chi connectivity index (χ1v) is 6.52. The fraction of sp³-hybridized carbons (Fsp3) is 0.462. The number of hydrogen-bond donors (Lipinski definition) is 0. The lowest BCUT2D eigenvalue weighted by molar-refractivity contribution is -0.134. The normalized spacial score (nSPS) is 18.4. The Bertz CT molecular complexity index is 559. The van der Waals surface area contributed by atoms with E-state index in [9.17, 15) is 4.79 Å². The van der Waals surface area contributed by atoms with Crippen LogP contribution in [0.3, 0.4) is 0 Å². The zero-order valence-electron chi connectivity index (χ0n) is 10.9. The molecule has 0 fully saturated rings. The topological polar surface area (TPSA) is 56.0 Å². The molecule has 1 aliphatic rings. The number of nitrogens with zero attached hydrogens (tertiary/aromatic N) is 5. The van der Waals surface area contributed by atoms with Gasteiger partial charge in [-0.05, 0) is 19.1 Å². The third-order valence-electron chi connectivity index (χ3n) is 3.68. The molecule has 0 saturated heterocycles. The van der Waals surface area contributed by atoms with Crippen LogP contribution in [-0.2, 0) is 17.9 Å². The Kier molecular flexibility index (Phi) is 3.06. The van der Waals surface area contributed by atoms with E-state index in [0.29, 0.717) is 13.0 Å². The lowest BCUT2D eigenvalue weighted by Gasteiger charge is -2.35. The molecule has 19 heavy (non-hydrogen) atoms. The van der Waals surface area contributed by atoms with Gasteiger partial charge in [-0.25, -0.2) is 4.98 Å². The van der Waals surface area contributed by atoms with Gasteiger partial charge in [-0.2, -0.15) is 5.10 Å². The van der Waals surface area contributed by atoms with Crippen LogP contribution in [0.25, 0.3) is 0 Å². The van der Waals surface area contributed by atoms with Gasteiger partial charge in [0, 0.05) is 31.4 Å². The van der Waals surface area contributed by atoms with Crippen LogP contribution < -0.4 is 0 Å². The van der Waals surface area contributed by atoms with Gasteiger partial charge < -0.3 is 9.47 Å². The van der Waals surface area contributed by atoms with Crippen molar-refractivity contribution in [2.45, 2.75) is 32.5 Å². The van der Waals surface area contributed by atoms with Crippen LogP contribution in [-0.4, -0.2) is 36.7 Å². The van der Waals surface area contributed by atoms with E-state index >= 15 is 0 Å². The van der Waals surface area contributed by atoms with Crippen molar-refractivity contribution in [3.05, 3.63) is 36.7 Å². The number of fused-ring (bicyclic) bond motifs is 1. The lowest BCUT2D eigenvalue weighted by atomic mass is 10.1. The molecule has 0 N–H and O–H groups in total. The standard InChI is InChI=1S/C13H17N5O/c1-11-12-3-2-5-16(12)7-8-18(11)13(19)4-6-17-10-14-9-15-17/h2-3,5,9-11H,4,6-8H2,1H3. The highest BCUT2D eigenvalue weighted by Gasteiger charge is 2.26. The molecular formula is C13H17N5O. The molecule has 6 nitrogen and oxygen atoms in total. The molecular weight excluding hydrogens is 242 g/mol. The van der Waals surface area contributed by atoms with Gasteiger partial charge in [-0.1, -0.05) is 0 Å². The van der Waals surface area contributed by atoms with E-state index < -0.39 is 0 Å². The molecule has 0 bridgehead atoms. The molecule has 2 aromatic rings. The predicted molar refractivity (Wildman–Crippen MR) is 69.2 cm³/mol. The summed E-state index contributed by atoms with van der Waals surface area (Å²) >= 11 is 0. The second-order valence-corrected chi connectivity index (χ2v) is 4.80. The zero-order chi connectivity index (χ0) is 13.2. The van der Waals surface area contributed by atoms with E-state index in [2.05, 4.69) is 33.8 Å². The predicted octanol–water partition coefficient (Wildman–Crippen LogP) is 1.07. The van der Waals surface area contributed by atoms with Gasteiger partial charge >= 0.3 is 0 Å². The third-order valence-corrected chi connectivity index (χ3v) is 3.68. The van der Waals surface area contributed by atoms with Crippen LogP contribution in [0.15, 0.2) is 31.0 Å². The highest BCUT2D eigenvalue weighted by Crippen LogP contribution is 2.25. The van der Waals surface area contributed by atoms with Gasteiger partial charge in [0.1, 0.15) is 12.7 Å². The molecule has 3 heterocycles. The van der Waals surface area contributed by atoms with Gasteiger partial charge in [0.15, 0.2) is 0 Å². The molecule has 0 aromatic carbocycles. The Morgan fingerprint density at radius 2 is 2.37 bits per heavy atom. The van der Waals surface area contributed by atoms with Crippen LogP contribution in [0.5, 0.6) is 0 Å². The highest BCUT2D eigenvalue weighted by molar-refractivity contribution is 5.76. The summed E-state index contributed by atoms with van der Waals surface area (Å²) in [6.07, 6.45) is 5.66. The van der Waals surface area contributed by atoms with Crippen molar-refractivity contribution >= 4 is 5.91 Å². The molecule has 1 aliphatic heterocycles. The Morgan fingerprint density at radius 1 is 1.47 bits per heavy atom. The zero-order valence-corrected chi connectivity index (χ0v) is 10.9. The van der Waals surface area contributed by atoms with E-state index in [1.165, 1.54) is 12.0 Å². The van der Waals surface area contributed by atoms with E-state index in [1.54, 1.807) is 11.0 Å². The van der Waals surface area contributed by atoms with Gasteiger partial charge in [0.05, 0.1) is 12.6 Å². The Hall–Kier alpha value is -2.11. The average molecular weight is 259 g/mol. The SMILES string of the molecule is CC1c2cccn2CCN1C(=O)CCn1cncn1. The number of aryl methyl sites for hydroxylation is 1. The Morgan fingerprint density at radius 3 is 3.16 bits per heavy atom. The highest BCUT2D eigenvalue weighted by atomic mass is 16.2. The minimum atomic E-state index is 0.145. The van der Waals surface area contributed by atoms with Crippen LogP contribution >= 0.6 is 0 Å². The summed E-state index contributed by atoms with van der Waals surface area (Å²) in [5.74, 6) is 0.176. The van der Waals surface area contributed by atoms with Crippen LogP contribution in [0.1, 0.15) is 25.1 Å². The molecule has 1 atom stereocenters. The summed E-state index contributed by atoms with van der Waals surface area (Å²) < 4.78 is 3.90. The van der Waals surface area contributed by atoms with Crippen molar-refractivity contribution in [1.29, 1.82) is 0 Å². The van der Waals surface area contributed by atoms with Crippen molar-refractivity contribution in [1.82, 2.24) is 24.2 Å². The molecule has 1 unspecified atom stereocenters. The molecule has 1 amide bonds. The Labute approximate surface area is 111 Å². The van der Waals surface area contributed by atoms with Gasteiger partial charge in [0.25, 0.3) is 0 Å². The molecule has 6 heteroatoms. The van der Waals surface area contributed by atoms with Gasteiger partial charge in [0.2, 0.25) is 5.91 Å². The monoisotopic (exact) mass is 259 g/mol. The largest absolute Gasteiger partial charge is 0.348 e. The number of hydrogen-bond acceptors (Lipinski definition) is 3. The third kappa shape index (κ3) is 2.25. The van der Waals surface area contributed by atoms with Crippen LogP contribution in [0.2, 0.25) is 0 Å². The first kappa shape index (κ1) is 12.0. The van der Waals surface area contributed by atoms with Crippen molar-refractivity contribution < 1.29 is 4.79 Å². The first-order chi connectivity index (χ1) is 9.25. The lowest BCUT2D eigenvalue weighted by Crippen LogP contribution is -2.41. The summed E-state index contributed by atoms with van der Waals surface area (Å²) in [5.41, 5.74) is 1.21. The summed E-state index contributed by atoms with van der Waals surface area (Å²) in [7, 11) is 0. The molecule has 100 valence electrons. The molecule has 0 radical (unpaired) electrons. The number of carbonyl (C=O) groups excluding carboxylic acids is 1. The number of aromatic nitrogens is 4. The first-order valence-electron chi connectivity index (χ1n) is 6.52. The second-order valence-electron chi connectivity index (χ2n) is 4.80. The smallest absolute Gasteiger partial charge is 0.225 e. The van der Waals surface area contributed by atoms with Crippen molar-refractivity contribution in [3.63, 3.8) is 0 Å². The molecule has 0 aliphatic carbocycles. The summed E-state index contributed by atoms with van der Waals surface area (Å²) in [4.78, 5) is 18.1. The van der Waals surface area contributed by atoms with E-state index in [4.69, 9.17) is 0 Å². The van der Waals surface area contributed by atoms with Gasteiger partial charge in [-0.15, -0.1) is 0 Å². The molecule has 3 rings (SSSR count). The number of carbonyl (C=O) groups is 1. The fourth-order valence-electron chi connectivity index (χ4n) is 2.62. The van der Waals surface area contributed by atoms with Crippen LogP contribution in [0, 0.1) is 0 Å². The minimum absolute atomic E-state index is 0.145. The quantitative estimate of drug-likeness (QED) is 0.828. The summed E-state index contributed by atoms with van der Waals surface area (Å²) in [6.45, 7) is 4.32. The average Bonchev–Trinajstić information content (AvgIpc) is 3.07. The fourth-order valence-corrected chi connectivity index (χ4v) is 2.62. The maximum Gasteiger partial charge on any atom is 0.225 e.